The van der Waals surface area contributed by atoms with Gasteiger partial charge >= 0.3 is 0 Å². The average Bonchev–Trinajstić information content (AvgIpc) is 2.84. The Labute approximate surface area is 101 Å². The van der Waals surface area contributed by atoms with Gasteiger partial charge in [-0.3, -0.25) is 4.90 Å². The number of likely N-dealkylation sites (tertiary alicyclic amines) is 1. The van der Waals surface area contributed by atoms with Crippen LogP contribution in [0.1, 0.15) is 17.7 Å². The first-order valence-electron chi connectivity index (χ1n) is 6.18. The van der Waals surface area contributed by atoms with E-state index in [1.807, 2.05) is 6.07 Å². The standard InChI is InChI=1S/C14H18N2O/c1-10-2-3-14-11(6-10)7-13(17-14)9-16-5-4-12(15)8-16/h2-3,6-7,12H,4-5,8-9,15H2,1H3/t12-/m0/s1. The Morgan fingerprint density at radius 2 is 2.29 bits per heavy atom. The Balaban J connectivity index is 1.81. The molecule has 1 aromatic heterocycles. The van der Waals surface area contributed by atoms with Gasteiger partial charge in [0.25, 0.3) is 0 Å². The van der Waals surface area contributed by atoms with E-state index in [1.54, 1.807) is 0 Å². The van der Waals surface area contributed by atoms with Crippen molar-refractivity contribution in [2.45, 2.75) is 25.9 Å². The van der Waals surface area contributed by atoms with Gasteiger partial charge in [0, 0.05) is 24.5 Å². The molecule has 0 radical (unpaired) electrons. The highest BCUT2D eigenvalue weighted by molar-refractivity contribution is 5.78. The van der Waals surface area contributed by atoms with Gasteiger partial charge in [-0.1, -0.05) is 11.6 Å². The number of aryl methyl sites for hydroxylation is 1. The highest BCUT2D eigenvalue weighted by atomic mass is 16.3. The van der Waals surface area contributed by atoms with Crippen LogP contribution in [0.5, 0.6) is 0 Å². The number of fused-ring (bicyclic) bond motifs is 1. The van der Waals surface area contributed by atoms with Gasteiger partial charge in [-0.25, -0.2) is 0 Å². The van der Waals surface area contributed by atoms with Crippen molar-refractivity contribution in [1.82, 2.24) is 4.90 Å². The summed E-state index contributed by atoms with van der Waals surface area (Å²) >= 11 is 0. The third-order valence-electron chi connectivity index (χ3n) is 3.41. The molecule has 0 aliphatic carbocycles. The molecule has 0 bridgehead atoms. The fourth-order valence-electron chi connectivity index (χ4n) is 2.52. The maximum Gasteiger partial charge on any atom is 0.134 e. The molecule has 1 aliphatic rings. The molecule has 1 atom stereocenters. The first-order chi connectivity index (χ1) is 8.20. The van der Waals surface area contributed by atoms with E-state index in [-0.39, 0.29) is 0 Å². The second-order valence-corrected chi connectivity index (χ2v) is 5.04. The molecule has 3 nitrogen and oxygen atoms in total. The van der Waals surface area contributed by atoms with Crippen molar-refractivity contribution in [3.05, 3.63) is 35.6 Å². The lowest BCUT2D eigenvalue weighted by Crippen LogP contribution is -2.26. The fraction of sp³-hybridized carbons (Fsp3) is 0.429. The van der Waals surface area contributed by atoms with Crippen LogP contribution in [0.3, 0.4) is 0 Å². The Morgan fingerprint density at radius 1 is 1.41 bits per heavy atom. The van der Waals surface area contributed by atoms with Crippen molar-refractivity contribution in [1.29, 1.82) is 0 Å². The average molecular weight is 230 g/mol. The van der Waals surface area contributed by atoms with Crippen molar-refractivity contribution in [3.63, 3.8) is 0 Å². The second-order valence-electron chi connectivity index (χ2n) is 5.04. The molecule has 1 aliphatic heterocycles. The smallest absolute Gasteiger partial charge is 0.134 e. The lowest BCUT2D eigenvalue weighted by molar-refractivity contribution is 0.298. The van der Waals surface area contributed by atoms with Crippen LogP contribution in [0, 0.1) is 6.92 Å². The molecule has 90 valence electrons. The van der Waals surface area contributed by atoms with Crippen molar-refractivity contribution < 1.29 is 4.42 Å². The quantitative estimate of drug-likeness (QED) is 0.860. The second kappa shape index (κ2) is 4.17. The Morgan fingerprint density at radius 3 is 3.06 bits per heavy atom. The van der Waals surface area contributed by atoms with Crippen molar-refractivity contribution in [2.75, 3.05) is 13.1 Å². The lowest BCUT2D eigenvalue weighted by atomic mass is 10.2. The molecule has 3 rings (SSSR count). The maximum absolute atomic E-state index is 5.90. The van der Waals surface area contributed by atoms with Crippen LogP contribution >= 0.6 is 0 Å². The monoisotopic (exact) mass is 230 g/mol. The summed E-state index contributed by atoms with van der Waals surface area (Å²) in [5.41, 5.74) is 8.15. The topological polar surface area (TPSA) is 42.4 Å². The van der Waals surface area contributed by atoms with Gasteiger partial charge in [-0.05, 0) is 31.5 Å². The van der Waals surface area contributed by atoms with E-state index in [9.17, 15) is 0 Å². The van der Waals surface area contributed by atoms with Crippen LogP contribution < -0.4 is 5.73 Å². The van der Waals surface area contributed by atoms with E-state index in [1.165, 1.54) is 10.9 Å². The third-order valence-corrected chi connectivity index (χ3v) is 3.41. The van der Waals surface area contributed by atoms with Gasteiger partial charge in [0.1, 0.15) is 11.3 Å². The molecule has 2 heterocycles. The summed E-state index contributed by atoms with van der Waals surface area (Å²) in [4.78, 5) is 2.36. The Kier molecular flexibility index (Phi) is 2.65. The Hall–Kier alpha value is -1.32. The summed E-state index contributed by atoms with van der Waals surface area (Å²) in [7, 11) is 0. The number of nitrogens with zero attached hydrogens (tertiary/aromatic N) is 1. The van der Waals surface area contributed by atoms with Gasteiger partial charge in [0.2, 0.25) is 0 Å². The number of benzene rings is 1. The van der Waals surface area contributed by atoms with Gasteiger partial charge in [-0.2, -0.15) is 0 Å². The molecule has 3 heteroatoms. The molecule has 1 aromatic carbocycles. The zero-order valence-corrected chi connectivity index (χ0v) is 10.1. The summed E-state index contributed by atoms with van der Waals surface area (Å²) in [6.07, 6.45) is 1.10. The van der Waals surface area contributed by atoms with Crippen LogP contribution in [0.2, 0.25) is 0 Å². The van der Waals surface area contributed by atoms with Crippen LogP contribution in [0.4, 0.5) is 0 Å². The number of hydrogen-bond acceptors (Lipinski definition) is 3. The minimum Gasteiger partial charge on any atom is -0.460 e. The molecule has 2 N–H and O–H groups in total. The normalized spacial score (nSPS) is 21.4. The number of rotatable bonds is 2. The minimum atomic E-state index is 0.335. The zero-order chi connectivity index (χ0) is 11.8. The Bertz CT molecular complexity index is 532. The van der Waals surface area contributed by atoms with Crippen molar-refractivity contribution in [3.8, 4) is 0 Å². The van der Waals surface area contributed by atoms with E-state index in [2.05, 4.69) is 30.0 Å². The highest BCUT2D eigenvalue weighted by Crippen LogP contribution is 2.22. The summed E-state index contributed by atoms with van der Waals surface area (Å²) in [6, 6.07) is 8.77. The van der Waals surface area contributed by atoms with E-state index in [0.717, 1.165) is 37.4 Å². The van der Waals surface area contributed by atoms with E-state index < -0.39 is 0 Å². The maximum atomic E-state index is 5.90. The predicted octanol–water partition coefficient (Wildman–Crippen LogP) is 2.27. The number of furan rings is 1. The SMILES string of the molecule is Cc1ccc2oc(CN3CC[C@H](N)C3)cc2c1. The predicted molar refractivity (Wildman–Crippen MR) is 68.8 cm³/mol. The van der Waals surface area contributed by atoms with Gasteiger partial charge in [-0.15, -0.1) is 0 Å². The van der Waals surface area contributed by atoms with Crippen molar-refractivity contribution >= 4 is 11.0 Å². The zero-order valence-electron chi connectivity index (χ0n) is 10.1. The molecule has 2 aromatic rings. The highest BCUT2D eigenvalue weighted by Gasteiger charge is 2.20. The van der Waals surface area contributed by atoms with Gasteiger partial charge < -0.3 is 10.2 Å². The van der Waals surface area contributed by atoms with Crippen LogP contribution in [-0.2, 0) is 6.54 Å². The summed E-state index contributed by atoms with van der Waals surface area (Å²) in [5.74, 6) is 1.04. The largest absolute Gasteiger partial charge is 0.460 e. The van der Waals surface area contributed by atoms with E-state index in [4.69, 9.17) is 10.2 Å². The molecule has 17 heavy (non-hydrogen) atoms. The molecule has 0 unspecified atom stereocenters. The molecule has 0 saturated carbocycles. The fourth-order valence-corrected chi connectivity index (χ4v) is 2.52. The van der Waals surface area contributed by atoms with Gasteiger partial charge in [0.05, 0.1) is 6.54 Å². The molecular weight excluding hydrogens is 212 g/mol. The summed E-state index contributed by atoms with van der Waals surface area (Å²) in [6.45, 7) is 5.04. The van der Waals surface area contributed by atoms with Crippen LogP contribution in [-0.4, -0.2) is 24.0 Å². The molecule has 0 spiro atoms. The number of hydrogen-bond donors (Lipinski definition) is 1. The molecular formula is C14H18N2O. The van der Waals surface area contributed by atoms with Crippen molar-refractivity contribution in [2.24, 2.45) is 5.73 Å². The number of nitrogens with two attached hydrogens (primary N) is 1. The first kappa shape index (κ1) is 10.8. The van der Waals surface area contributed by atoms with E-state index in [0.29, 0.717) is 6.04 Å². The van der Waals surface area contributed by atoms with Gasteiger partial charge in [0.15, 0.2) is 0 Å². The van der Waals surface area contributed by atoms with Crippen LogP contribution in [0.25, 0.3) is 11.0 Å². The molecule has 1 fully saturated rings. The molecule has 0 amide bonds. The first-order valence-corrected chi connectivity index (χ1v) is 6.18. The summed E-state index contributed by atoms with van der Waals surface area (Å²) in [5, 5.41) is 1.20. The summed E-state index contributed by atoms with van der Waals surface area (Å²) < 4.78 is 5.84. The lowest BCUT2D eigenvalue weighted by Gasteiger charge is -2.12. The minimum absolute atomic E-state index is 0.335. The third kappa shape index (κ3) is 2.21. The van der Waals surface area contributed by atoms with Crippen LogP contribution in [0.15, 0.2) is 28.7 Å². The molecule has 1 saturated heterocycles. The van der Waals surface area contributed by atoms with E-state index >= 15 is 0 Å².